The van der Waals surface area contributed by atoms with Crippen LogP contribution in [0.2, 0.25) is 0 Å². The van der Waals surface area contributed by atoms with Crippen LogP contribution in [-0.4, -0.2) is 24.5 Å². The summed E-state index contributed by atoms with van der Waals surface area (Å²) in [5.74, 6) is 0. The van der Waals surface area contributed by atoms with Gasteiger partial charge < -0.3 is 0 Å². The zero-order valence-corrected chi connectivity index (χ0v) is 11.1. The van der Waals surface area contributed by atoms with E-state index in [4.69, 9.17) is 4.84 Å². The fourth-order valence-corrected chi connectivity index (χ4v) is 6.37. The van der Waals surface area contributed by atoms with E-state index in [1.54, 1.807) is 0 Å². The number of carbonyl (C=O) groups is 2. The summed E-state index contributed by atoms with van der Waals surface area (Å²) in [6.45, 7) is -0.0393. The van der Waals surface area contributed by atoms with Crippen LogP contribution in [0.1, 0.15) is 0 Å². The van der Waals surface area contributed by atoms with Crippen molar-refractivity contribution in [3.05, 3.63) is 5.21 Å². The van der Waals surface area contributed by atoms with E-state index in [0.717, 1.165) is 0 Å². The summed E-state index contributed by atoms with van der Waals surface area (Å²) in [4.78, 5) is 25.8. The van der Waals surface area contributed by atoms with E-state index < -0.39 is 59.0 Å². The molecule has 0 bridgehead atoms. The third-order valence-electron chi connectivity index (χ3n) is 1.37. The first-order valence-electron chi connectivity index (χ1n) is 3.18. The fourth-order valence-electron chi connectivity index (χ4n) is 0.676. The van der Waals surface area contributed by atoms with E-state index >= 15 is 0 Å². The predicted molar refractivity (Wildman–Crippen MR) is 42.6 cm³/mol. The van der Waals surface area contributed by atoms with Crippen LogP contribution in [0.3, 0.4) is 0 Å². The van der Waals surface area contributed by atoms with Crippen molar-refractivity contribution in [3.8, 4) is 0 Å². The van der Waals surface area contributed by atoms with Crippen molar-refractivity contribution in [2.45, 2.75) is 2.12 Å². The summed E-state index contributed by atoms with van der Waals surface area (Å²) in [5, 5.41) is 10.4. The molecule has 0 aromatic rings. The molecule has 82 valence electrons. The zero-order chi connectivity index (χ0) is 10.8. The molecule has 1 N–H and O–H groups in total. The number of carbonyl (C=O) groups excluding carboxylic acids is 2. The predicted octanol–water partition coefficient (Wildman–Crippen LogP) is -4.43. The summed E-state index contributed by atoms with van der Waals surface area (Å²) in [5.41, 5.74) is 0. The molecule has 0 radical (unpaired) electrons. The molecule has 1 aliphatic heterocycles. The third kappa shape index (κ3) is 2.25. The van der Waals surface area contributed by atoms with Crippen LogP contribution in [0.15, 0.2) is 0 Å². The van der Waals surface area contributed by atoms with Gasteiger partial charge in [-0.25, -0.2) is 0 Å². The van der Waals surface area contributed by atoms with Crippen molar-refractivity contribution in [2.75, 3.05) is 7.05 Å². The van der Waals surface area contributed by atoms with Crippen LogP contribution in [-0.2, 0) is 17.4 Å². The molecule has 0 spiro atoms. The van der Waals surface area contributed by atoms with Gasteiger partial charge in [0, 0.05) is 0 Å². The number of quaternary nitrogens is 2. The average Bonchev–Trinajstić information content (AvgIpc) is 2.44. The van der Waals surface area contributed by atoms with Crippen LogP contribution < -0.4 is 26.8 Å². The molecular weight excluding hydrogens is 426 g/mol. The van der Waals surface area contributed by atoms with Crippen LogP contribution in [0.4, 0.5) is 4.79 Å². The van der Waals surface area contributed by atoms with E-state index in [1.165, 1.54) is 7.05 Å². The van der Waals surface area contributed by atoms with E-state index in [0.29, 0.717) is 0 Å². The third-order valence-corrected chi connectivity index (χ3v) is 7.32. The standard InChI is InChI=1S/C4H6I2N2O6/c1-8(4(10)13-2-9)5-3(6-11)14-7(8)12/h2-3,7H,1H3. The first-order chi connectivity index (χ1) is 6.54. The molecule has 1 amide bonds. The Balaban J connectivity index is 2.78. The number of ether oxygens (including phenoxy) is 1. The van der Waals surface area contributed by atoms with Gasteiger partial charge in [0.2, 0.25) is 0 Å². The van der Waals surface area contributed by atoms with E-state index in [9.17, 15) is 17.9 Å². The number of alkyl halides is 2. The quantitative estimate of drug-likeness (QED) is 0.118. The Morgan fingerprint density at radius 3 is 2.93 bits per heavy atom. The first kappa shape index (κ1) is 12.3. The number of hydrogen-bond acceptors (Lipinski definition) is 6. The van der Waals surface area contributed by atoms with Crippen molar-refractivity contribution in [3.63, 3.8) is 0 Å². The Hall–Kier alpha value is 0.240. The first-order valence-corrected chi connectivity index (χ1v) is 7.51. The molecule has 3 atom stereocenters. The van der Waals surface area contributed by atoms with Gasteiger partial charge in [-0.2, -0.15) is 0 Å². The Labute approximate surface area is 99.5 Å². The molecule has 1 saturated heterocycles. The monoisotopic (exact) mass is 432 g/mol. The number of hydrogen-bond donors (Lipinski definition) is 1. The Kier molecular flexibility index (Phi) is 4.26. The number of halogens is 2. The van der Waals surface area contributed by atoms with Crippen molar-refractivity contribution in [2.24, 2.45) is 0 Å². The second-order valence-electron chi connectivity index (χ2n) is 2.21. The van der Waals surface area contributed by atoms with Gasteiger partial charge in [-0.05, 0) is 0 Å². The normalized spacial score (nSPS) is 37.3. The van der Waals surface area contributed by atoms with Crippen LogP contribution in [0.25, 0.3) is 0 Å². The summed E-state index contributed by atoms with van der Waals surface area (Å²) in [6.07, 6.45) is -0.974. The SMILES string of the molecule is C[N+]1(C(=O)OC=O)[I-]C(I=O)O[NH+]1[O-]. The molecule has 1 aliphatic rings. The minimum absolute atomic E-state index is 0.0393. The van der Waals surface area contributed by atoms with Crippen molar-refractivity contribution in [1.29, 1.82) is 0 Å². The molecule has 1 fully saturated rings. The maximum absolute atomic E-state index is 11.2. The van der Waals surface area contributed by atoms with Crippen LogP contribution >= 0.6 is 21.2 Å². The van der Waals surface area contributed by atoms with Gasteiger partial charge in [-0.3, -0.25) is 0 Å². The van der Waals surface area contributed by atoms with Gasteiger partial charge in [0.15, 0.2) is 0 Å². The second kappa shape index (κ2) is 4.84. The summed E-state index contributed by atoms with van der Waals surface area (Å²) in [6, 6.07) is 0. The molecule has 1 heterocycles. The molecule has 3 unspecified atom stereocenters. The topological polar surface area (TPSA) is 97.2 Å². The van der Waals surface area contributed by atoms with Gasteiger partial charge in [-0.15, -0.1) is 0 Å². The molecule has 0 saturated carbocycles. The Morgan fingerprint density at radius 2 is 2.50 bits per heavy atom. The van der Waals surface area contributed by atoms with Crippen molar-refractivity contribution < 1.29 is 51.9 Å². The molecule has 0 aromatic heterocycles. The van der Waals surface area contributed by atoms with E-state index in [2.05, 4.69) is 4.74 Å². The zero-order valence-electron chi connectivity index (χ0n) is 6.81. The molecule has 14 heavy (non-hydrogen) atoms. The van der Waals surface area contributed by atoms with Crippen LogP contribution in [0.5, 0.6) is 0 Å². The number of nitrogens with one attached hydrogen (secondary N) is 1. The minimum atomic E-state index is -1.47. The fraction of sp³-hybridized carbons (Fsp3) is 0.500. The number of rotatable bonds is 2. The van der Waals surface area contributed by atoms with E-state index in [1.807, 2.05) is 0 Å². The molecule has 10 heteroatoms. The summed E-state index contributed by atoms with van der Waals surface area (Å²) in [7, 11) is 1.29. The molecule has 1 rings (SSSR count). The molecule has 0 aliphatic carbocycles. The summed E-state index contributed by atoms with van der Waals surface area (Å²) >= 11 is -2.57. The van der Waals surface area contributed by atoms with Gasteiger partial charge in [0.05, 0.1) is 0 Å². The van der Waals surface area contributed by atoms with E-state index in [-0.39, 0.29) is 6.47 Å². The Bertz CT molecular complexity index is 275. The van der Waals surface area contributed by atoms with Gasteiger partial charge in [0.1, 0.15) is 0 Å². The number of nitrogens with zero attached hydrogens (tertiary/aromatic N) is 1. The Morgan fingerprint density at radius 1 is 1.86 bits per heavy atom. The second-order valence-corrected chi connectivity index (χ2v) is 9.85. The number of amides is 1. The van der Waals surface area contributed by atoms with Crippen molar-refractivity contribution in [1.82, 2.24) is 0 Å². The van der Waals surface area contributed by atoms with Gasteiger partial charge in [-0.1, -0.05) is 0 Å². The van der Waals surface area contributed by atoms with Crippen LogP contribution in [0, 0.1) is 5.21 Å². The molecule has 8 nitrogen and oxygen atoms in total. The van der Waals surface area contributed by atoms with Gasteiger partial charge >= 0.3 is 100.0 Å². The maximum atomic E-state index is 11.2. The average molecular weight is 432 g/mol. The summed E-state index contributed by atoms with van der Waals surface area (Å²) < 4.78 is 13.3. The molecule has 0 aromatic carbocycles. The van der Waals surface area contributed by atoms with Gasteiger partial charge in [0.25, 0.3) is 0 Å². The molecular formula is C4H6I2N2O6. The van der Waals surface area contributed by atoms with Crippen molar-refractivity contribution >= 4 is 33.8 Å².